The number of para-hydroxylation sites is 1. The van der Waals surface area contributed by atoms with Crippen LogP contribution in [0.4, 0.5) is 13.2 Å². The van der Waals surface area contributed by atoms with Gasteiger partial charge in [0, 0.05) is 13.1 Å². The number of carboxylic acid groups (broad SMARTS) is 1. The molecule has 0 bridgehead atoms. The number of carbonyl (C=O) groups is 2. The van der Waals surface area contributed by atoms with Gasteiger partial charge < -0.3 is 14.7 Å². The third kappa shape index (κ3) is 3.94. The molecule has 1 heterocycles. The van der Waals surface area contributed by atoms with E-state index in [1.54, 1.807) is 0 Å². The summed E-state index contributed by atoms with van der Waals surface area (Å²) in [6.07, 6.45) is -5.39. The highest BCUT2D eigenvalue weighted by Crippen LogP contribution is 2.36. The zero-order valence-electron chi connectivity index (χ0n) is 12.3. The number of carboxylic acids is 1. The van der Waals surface area contributed by atoms with Gasteiger partial charge in [-0.1, -0.05) is 12.1 Å². The summed E-state index contributed by atoms with van der Waals surface area (Å²) in [6, 6.07) is 4.65. The Kier molecular flexibility index (Phi) is 4.82. The fraction of sp³-hybridized carbons (Fsp3) is 0.467. The Labute approximate surface area is 130 Å². The third-order valence-corrected chi connectivity index (χ3v) is 3.69. The van der Waals surface area contributed by atoms with Crippen LogP contribution >= 0.6 is 0 Å². The first-order chi connectivity index (χ1) is 10.7. The second-order valence-corrected chi connectivity index (χ2v) is 5.36. The molecule has 1 amide bonds. The molecule has 8 heteroatoms. The highest BCUT2D eigenvalue weighted by molar-refractivity contribution is 5.82. The molecule has 0 saturated carbocycles. The lowest BCUT2D eigenvalue weighted by Crippen LogP contribution is -2.39. The van der Waals surface area contributed by atoms with E-state index in [2.05, 4.69) is 0 Å². The smallest absolute Gasteiger partial charge is 0.419 e. The lowest BCUT2D eigenvalue weighted by Gasteiger charge is -2.23. The number of aliphatic carboxylic acids is 1. The van der Waals surface area contributed by atoms with Gasteiger partial charge in [-0.05, 0) is 25.5 Å². The number of benzene rings is 1. The number of amides is 1. The molecule has 5 nitrogen and oxygen atoms in total. The second-order valence-electron chi connectivity index (χ2n) is 5.36. The van der Waals surface area contributed by atoms with Gasteiger partial charge in [0.2, 0.25) is 0 Å². The summed E-state index contributed by atoms with van der Waals surface area (Å²) in [6.45, 7) is 1.65. The number of rotatable bonds is 4. The van der Waals surface area contributed by atoms with Gasteiger partial charge in [-0.3, -0.25) is 9.59 Å². The molecule has 1 aromatic carbocycles. The first kappa shape index (κ1) is 17.1. The Bertz CT molecular complexity index is 603. The van der Waals surface area contributed by atoms with Gasteiger partial charge in [-0.2, -0.15) is 13.2 Å². The van der Waals surface area contributed by atoms with Crippen molar-refractivity contribution in [2.24, 2.45) is 5.92 Å². The number of nitrogens with zero attached hydrogens (tertiary/aromatic N) is 1. The van der Waals surface area contributed by atoms with Gasteiger partial charge in [0.05, 0.1) is 11.5 Å². The molecule has 1 aliphatic heterocycles. The minimum Gasteiger partial charge on any atom is -0.481 e. The summed E-state index contributed by atoms with van der Waals surface area (Å²) >= 11 is 0. The highest BCUT2D eigenvalue weighted by Gasteiger charge is 2.36. The zero-order valence-corrected chi connectivity index (χ0v) is 12.3. The molecule has 1 N–H and O–H groups in total. The van der Waals surface area contributed by atoms with Crippen molar-refractivity contribution in [1.29, 1.82) is 0 Å². The van der Waals surface area contributed by atoms with E-state index in [0.29, 0.717) is 6.42 Å². The van der Waals surface area contributed by atoms with Crippen LogP contribution in [0.25, 0.3) is 0 Å². The fourth-order valence-corrected chi connectivity index (χ4v) is 2.46. The minimum atomic E-state index is -4.58. The van der Waals surface area contributed by atoms with Crippen LogP contribution in [0.2, 0.25) is 0 Å². The van der Waals surface area contributed by atoms with Crippen molar-refractivity contribution >= 4 is 11.9 Å². The molecule has 23 heavy (non-hydrogen) atoms. The predicted octanol–water partition coefficient (Wildman–Crippen LogP) is 2.41. The van der Waals surface area contributed by atoms with Crippen molar-refractivity contribution in [2.45, 2.75) is 25.6 Å². The van der Waals surface area contributed by atoms with Crippen molar-refractivity contribution in [3.63, 3.8) is 0 Å². The van der Waals surface area contributed by atoms with Crippen molar-refractivity contribution in [1.82, 2.24) is 4.90 Å². The molecular formula is C15H16F3NO4. The molecule has 1 aliphatic rings. The molecule has 0 aliphatic carbocycles. The van der Waals surface area contributed by atoms with Crippen molar-refractivity contribution in [3.05, 3.63) is 29.8 Å². The van der Waals surface area contributed by atoms with E-state index in [9.17, 15) is 22.8 Å². The maximum atomic E-state index is 12.9. The summed E-state index contributed by atoms with van der Waals surface area (Å²) in [5.74, 6) is -2.58. The molecule has 1 fully saturated rings. The van der Waals surface area contributed by atoms with Gasteiger partial charge in [0.25, 0.3) is 5.91 Å². The van der Waals surface area contributed by atoms with E-state index < -0.39 is 41.4 Å². The predicted molar refractivity (Wildman–Crippen MR) is 73.9 cm³/mol. The van der Waals surface area contributed by atoms with E-state index >= 15 is 0 Å². The first-order valence-corrected chi connectivity index (χ1v) is 7.04. The minimum absolute atomic E-state index is 0.0444. The molecule has 1 saturated heterocycles. The Morgan fingerprint density at radius 1 is 1.35 bits per heavy atom. The summed E-state index contributed by atoms with van der Waals surface area (Å²) in [5.41, 5.74) is -0.954. The van der Waals surface area contributed by atoms with E-state index in [1.807, 2.05) is 0 Å². The topological polar surface area (TPSA) is 66.8 Å². The van der Waals surface area contributed by atoms with Crippen molar-refractivity contribution < 1.29 is 32.6 Å². The molecule has 0 radical (unpaired) electrons. The Balaban J connectivity index is 2.07. The number of alkyl halides is 3. The number of hydrogen-bond donors (Lipinski definition) is 1. The van der Waals surface area contributed by atoms with Crippen molar-refractivity contribution in [2.75, 3.05) is 13.1 Å². The lowest BCUT2D eigenvalue weighted by molar-refractivity contribution is -0.144. The molecule has 0 unspecified atom stereocenters. The van der Waals surface area contributed by atoms with Crippen LogP contribution in [0.3, 0.4) is 0 Å². The van der Waals surface area contributed by atoms with Crippen LogP contribution in [0.15, 0.2) is 24.3 Å². The number of ether oxygens (including phenoxy) is 1. The van der Waals surface area contributed by atoms with Gasteiger partial charge in [0.15, 0.2) is 6.10 Å². The quantitative estimate of drug-likeness (QED) is 0.920. The Morgan fingerprint density at radius 2 is 2.00 bits per heavy atom. The molecular weight excluding hydrogens is 315 g/mol. The SMILES string of the molecule is C[C@@H](Oc1ccccc1C(F)(F)F)C(=O)N1CC[C@@H](C(=O)O)C1. The van der Waals surface area contributed by atoms with E-state index in [4.69, 9.17) is 9.84 Å². The van der Waals surface area contributed by atoms with Crippen LogP contribution in [-0.2, 0) is 15.8 Å². The summed E-state index contributed by atoms with van der Waals surface area (Å²) < 4.78 is 43.9. The van der Waals surface area contributed by atoms with Gasteiger partial charge in [-0.25, -0.2) is 0 Å². The lowest BCUT2D eigenvalue weighted by atomic mass is 10.1. The second kappa shape index (κ2) is 6.47. The zero-order chi connectivity index (χ0) is 17.2. The standard InChI is InChI=1S/C15H16F3NO4/c1-9(13(20)19-7-6-10(8-19)14(21)22)23-12-5-3-2-4-11(12)15(16,17)18/h2-5,9-10H,6-8H2,1H3,(H,21,22)/t9-,10-/m1/s1. The van der Waals surface area contributed by atoms with Crippen LogP contribution in [0.5, 0.6) is 5.75 Å². The van der Waals surface area contributed by atoms with Gasteiger partial charge in [0.1, 0.15) is 5.75 Å². The van der Waals surface area contributed by atoms with E-state index in [0.717, 1.165) is 12.1 Å². The van der Waals surface area contributed by atoms with E-state index in [-0.39, 0.29) is 13.1 Å². The number of hydrogen-bond acceptors (Lipinski definition) is 3. The van der Waals surface area contributed by atoms with Crippen LogP contribution in [-0.4, -0.2) is 41.1 Å². The number of halogens is 3. The summed E-state index contributed by atoms with van der Waals surface area (Å²) in [5, 5.41) is 8.92. The molecule has 2 atom stereocenters. The average molecular weight is 331 g/mol. The largest absolute Gasteiger partial charge is 0.481 e. The summed E-state index contributed by atoms with van der Waals surface area (Å²) in [7, 11) is 0. The van der Waals surface area contributed by atoms with Crippen LogP contribution in [0.1, 0.15) is 18.9 Å². The number of carbonyl (C=O) groups excluding carboxylic acids is 1. The molecule has 1 aromatic rings. The number of likely N-dealkylation sites (tertiary alicyclic amines) is 1. The first-order valence-electron chi connectivity index (χ1n) is 7.04. The average Bonchev–Trinajstić information content (AvgIpc) is 2.95. The monoisotopic (exact) mass is 331 g/mol. The maximum absolute atomic E-state index is 12.9. The van der Waals surface area contributed by atoms with E-state index in [1.165, 1.54) is 24.0 Å². The maximum Gasteiger partial charge on any atom is 0.419 e. The van der Waals surface area contributed by atoms with Gasteiger partial charge >= 0.3 is 12.1 Å². The van der Waals surface area contributed by atoms with Crippen LogP contribution in [0, 0.1) is 5.92 Å². The van der Waals surface area contributed by atoms with Crippen molar-refractivity contribution in [3.8, 4) is 5.75 Å². The Hall–Kier alpha value is -2.25. The molecule has 0 spiro atoms. The summed E-state index contributed by atoms with van der Waals surface area (Å²) in [4.78, 5) is 24.4. The normalized spacial score (nSPS) is 19.5. The third-order valence-electron chi connectivity index (χ3n) is 3.69. The molecule has 2 rings (SSSR count). The molecule has 0 aromatic heterocycles. The van der Waals surface area contributed by atoms with Crippen LogP contribution < -0.4 is 4.74 Å². The molecule has 126 valence electrons. The Morgan fingerprint density at radius 3 is 2.57 bits per heavy atom. The fourth-order valence-electron chi connectivity index (χ4n) is 2.46. The highest BCUT2D eigenvalue weighted by atomic mass is 19.4. The van der Waals surface area contributed by atoms with Gasteiger partial charge in [-0.15, -0.1) is 0 Å².